The normalized spacial score (nSPS) is 24.9. The molecule has 3 aliphatic rings. The summed E-state index contributed by atoms with van der Waals surface area (Å²) in [5, 5.41) is 4.17. The molecule has 1 N–H and O–H groups in total. The lowest BCUT2D eigenvalue weighted by Gasteiger charge is -2.44. The summed E-state index contributed by atoms with van der Waals surface area (Å²) in [5.74, 6) is 1.18. The molecule has 0 radical (unpaired) electrons. The molecule has 1 saturated carbocycles. The first kappa shape index (κ1) is 22.3. The molecular weight excluding hydrogens is 445 g/mol. The van der Waals surface area contributed by atoms with Crippen LogP contribution in [0.4, 0.5) is 0 Å². The van der Waals surface area contributed by atoms with Crippen LogP contribution in [0, 0.1) is 11.8 Å². The molecule has 2 saturated heterocycles. The first-order chi connectivity index (χ1) is 14.1. The minimum Gasteiger partial charge on any atom is -0.323 e. The monoisotopic (exact) mass is 473 g/mol. The highest BCUT2D eigenvalue weighted by molar-refractivity contribution is 7.89. The van der Waals surface area contributed by atoms with Crippen molar-refractivity contribution >= 4 is 39.1 Å². The van der Waals surface area contributed by atoms with E-state index in [9.17, 15) is 13.2 Å². The van der Waals surface area contributed by atoms with Crippen LogP contribution in [-0.4, -0.2) is 54.9 Å². The molecule has 1 spiro atoms. The van der Waals surface area contributed by atoms with Gasteiger partial charge in [0.15, 0.2) is 0 Å². The molecule has 1 atom stereocenters. The number of carbonyl (C=O) groups excluding carboxylic acids is 1. The summed E-state index contributed by atoms with van der Waals surface area (Å²) in [6, 6.07) is 4.22. The van der Waals surface area contributed by atoms with Gasteiger partial charge in [-0.2, -0.15) is 4.31 Å². The SMILES string of the molecule is CC(C)C[C@@H]1NC2(CCN(S(=O)(=O)c3ccc(Cl)c(Cl)c3)CC2)N(CC2CC2)C1=O. The van der Waals surface area contributed by atoms with Crippen molar-refractivity contribution in [3.8, 4) is 0 Å². The average Bonchev–Trinajstić information content (AvgIpc) is 3.47. The lowest BCUT2D eigenvalue weighted by Crippen LogP contribution is -2.59. The van der Waals surface area contributed by atoms with E-state index < -0.39 is 15.7 Å². The van der Waals surface area contributed by atoms with Crippen molar-refractivity contribution in [1.82, 2.24) is 14.5 Å². The van der Waals surface area contributed by atoms with Crippen LogP contribution in [0.1, 0.15) is 46.0 Å². The van der Waals surface area contributed by atoms with Gasteiger partial charge in [0, 0.05) is 19.6 Å². The standard InChI is InChI=1S/C21H29Cl2N3O3S/c1-14(2)11-19-20(27)26(13-15-3-4-15)21(24-19)7-9-25(10-8-21)30(28,29)16-5-6-17(22)18(23)12-16/h5-6,12,14-15,19,24H,3-4,7-11,13H2,1-2H3/t19-/m0/s1. The van der Waals surface area contributed by atoms with Crippen LogP contribution in [0.3, 0.4) is 0 Å². The van der Waals surface area contributed by atoms with Crippen LogP contribution in [0.2, 0.25) is 10.0 Å². The van der Waals surface area contributed by atoms with Gasteiger partial charge in [0.25, 0.3) is 0 Å². The van der Waals surface area contributed by atoms with Gasteiger partial charge in [0.2, 0.25) is 15.9 Å². The van der Waals surface area contributed by atoms with Crippen LogP contribution in [0.15, 0.2) is 23.1 Å². The van der Waals surface area contributed by atoms with E-state index in [1.54, 1.807) is 0 Å². The van der Waals surface area contributed by atoms with Crippen LogP contribution < -0.4 is 5.32 Å². The lowest BCUT2D eigenvalue weighted by molar-refractivity contribution is -0.133. The molecule has 1 amide bonds. The fourth-order valence-electron chi connectivity index (χ4n) is 4.61. The second-order valence-corrected chi connectivity index (χ2v) is 12.0. The molecule has 2 aliphatic heterocycles. The number of hydrogen-bond donors (Lipinski definition) is 1. The Hall–Kier alpha value is -0.860. The van der Waals surface area contributed by atoms with Crippen LogP contribution in [0.25, 0.3) is 0 Å². The van der Waals surface area contributed by atoms with E-state index in [1.165, 1.54) is 35.3 Å². The molecule has 166 valence electrons. The third-order valence-corrected chi connectivity index (χ3v) is 9.08. The van der Waals surface area contributed by atoms with Crippen molar-refractivity contribution in [2.24, 2.45) is 11.8 Å². The number of nitrogens with zero attached hydrogens (tertiary/aromatic N) is 2. The summed E-state index contributed by atoms with van der Waals surface area (Å²) in [7, 11) is -3.66. The third kappa shape index (κ3) is 4.24. The average molecular weight is 474 g/mol. The van der Waals surface area contributed by atoms with E-state index in [0.717, 1.165) is 13.0 Å². The first-order valence-corrected chi connectivity index (χ1v) is 12.9. The maximum absolute atomic E-state index is 13.2. The summed E-state index contributed by atoms with van der Waals surface area (Å²) in [6.45, 7) is 5.74. The topological polar surface area (TPSA) is 69.7 Å². The zero-order valence-corrected chi connectivity index (χ0v) is 19.7. The van der Waals surface area contributed by atoms with Crippen LogP contribution in [0.5, 0.6) is 0 Å². The van der Waals surface area contributed by atoms with Crippen molar-refractivity contribution in [1.29, 1.82) is 0 Å². The highest BCUT2D eigenvalue weighted by Gasteiger charge is 2.53. The minimum absolute atomic E-state index is 0.149. The fraction of sp³-hybridized carbons (Fsp3) is 0.667. The van der Waals surface area contributed by atoms with E-state index in [2.05, 4.69) is 19.2 Å². The number of rotatable bonds is 6. The number of piperidine rings is 1. The van der Waals surface area contributed by atoms with Crippen molar-refractivity contribution in [2.45, 2.75) is 62.6 Å². The number of amides is 1. The van der Waals surface area contributed by atoms with Gasteiger partial charge in [0.05, 0.1) is 26.6 Å². The van der Waals surface area contributed by atoms with E-state index in [1.807, 2.05) is 4.90 Å². The largest absolute Gasteiger partial charge is 0.323 e. The molecule has 0 aromatic heterocycles. The van der Waals surface area contributed by atoms with Crippen molar-refractivity contribution in [3.63, 3.8) is 0 Å². The van der Waals surface area contributed by atoms with Crippen molar-refractivity contribution in [3.05, 3.63) is 28.2 Å². The van der Waals surface area contributed by atoms with Crippen LogP contribution >= 0.6 is 23.2 Å². The minimum atomic E-state index is -3.66. The predicted octanol–water partition coefficient (Wildman–Crippen LogP) is 3.73. The van der Waals surface area contributed by atoms with Gasteiger partial charge in [-0.3, -0.25) is 10.1 Å². The highest BCUT2D eigenvalue weighted by atomic mass is 35.5. The smallest absolute Gasteiger partial charge is 0.243 e. The Bertz CT molecular complexity index is 925. The summed E-state index contributed by atoms with van der Waals surface area (Å²) < 4.78 is 27.7. The molecule has 0 bridgehead atoms. The van der Waals surface area contributed by atoms with E-state index in [-0.39, 0.29) is 21.9 Å². The molecule has 3 fully saturated rings. The number of sulfonamides is 1. The Balaban J connectivity index is 1.52. The molecule has 6 nitrogen and oxygen atoms in total. The van der Waals surface area contributed by atoms with Crippen molar-refractivity contribution < 1.29 is 13.2 Å². The molecule has 1 aliphatic carbocycles. The zero-order valence-electron chi connectivity index (χ0n) is 17.4. The molecule has 2 heterocycles. The maximum Gasteiger partial charge on any atom is 0.243 e. The van der Waals surface area contributed by atoms with Gasteiger partial charge in [-0.05, 0) is 62.1 Å². The number of nitrogens with one attached hydrogen (secondary N) is 1. The summed E-state index contributed by atoms with van der Waals surface area (Å²) in [6.07, 6.45) is 4.31. The predicted molar refractivity (Wildman–Crippen MR) is 118 cm³/mol. The summed E-state index contributed by atoms with van der Waals surface area (Å²) in [5.41, 5.74) is -0.442. The van der Waals surface area contributed by atoms with Gasteiger partial charge in [-0.1, -0.05) is 37.0 Å². The van der Waals surface area contributed by atoms with E-state index in [4.69, 9.17) is 23.2 Å². The summed E-state index contributed by atoms with van der Waals surface area (Å²) in [4.78, 5) is 15.3. The third-order valence-electron chi connectivity index (χ3n) is 6.45. The lowest BCUT2D eigenvalue weighted by atomic mass is 9.96. The Morgan fingerprint density at radius 3 is 2.40 bits per heavy atom. The summed E-state index contributed by atoms with van der Waals surface area (Å²) >= 11 is 12.0. The maximum atomic E-state index is 13.2. The Morgan fingerprint density at radius 1 is 1.17 bits per heavy atom. The van der Waals surface area contributed by atoms with Gasteiger partial charge in [-0.25, -0.2) is 8.42 Å². The molecule has 4 rings (SSSR count). The molecule has 30 heavy (non-hydrogen) atoms. The Kier molecular flexibility index (Phi) is 6.14. The van der Waals surface area contributed by atoms with Crippen molar-refractivity contribution in [2.75, 3.05) is 19.6 Å². The van der Waals surface area contributed by atoms with Gasteiger partial charge < -0.3 is 4.90 Å². The quantitative estimate of drug-likeness (QED) is 0.682. The number of halogens is 2. The second kappa shape index (κ2) is 8.24. The van der Waals surface area contributed by atoms with E-state index >= 15 is 0 Å². The fourth-order valence-corrected chi connectivity index (χ4v) is 6.45. The number of carbonyl (C=O) groups is 1. The molecule has 0 unspecified atom stereocenters. The van der Waals surface area contributed by atoms with E-state index in [0.29, 0.717) is 42.8 Å². The zero-order chi connectivity index (χ0) is 21.7. The molecule has 1 aromatic rings. The number of hydrogen-bond acceptors (Lipinski definition) is 4. The second-order valence-electron chi connectivity index (χ2n) is 9.23. The van der Waals surface area contributed by atoms with Gasteiger partial charge in [0.1, 0.15) is 0 Å². The molecular formula is C21H29Cl2N3O3S. The van der Waals surface area contributed by atoms with Gasteiger partial charge in [-0.15, -0.1) is 0 Å². The Morgan fingerprint density at radius 2 is 1.83 bits per heavy atom. The highest BCUT2D eigenvalue weighted by Crippen LogP contribution is 2.40. The molecule has 9 heteroatoms. The van der Waals surface area contributed by atoms with Crippen LogP contribution in [-0.2, 0) is 14.8 Å². The Labute approximate surface area is 188 Å². The van der Waals surface area contributed by atoms with Gasteiger partial charge >= 0.3 is 0 Å². The number of benzene rings is 1. The first-order valence-electron chi connectivity index (χ1n) is 10.7. The molecule has 1 aromatic carbocycles.